The molecular weight excluding hydrogens is 334 g/mol. The number of carbonyl (C=O) groups excluding carboxylic acids is 2. The quantitative estimate of drug-likeness (QED) is 0.811. The first kappa shape index (κ1) is 17.4. The monoisotopic (exact) mass is 351 g/mol. The molecule has 0 bridgehead atoms. The van der Waals surface area contributed by atoms with Crippen LogP contribution in [0.4, 0.5) is 5.69 Å². The molecule has 0 fully saturated rings. The largest absolute Gasteiger partial charge is 0.326 e. The molecule has 0 aliphatic heterocycles. The Balaban J connectivity index is 1.88. The van der Waals surface area contributed by atoms with E-state index in [-0.39, 0.29) is 29.4 Å². The Morgan fingerprint density at radius 2 is 1.70 bits per heavy atom. The smallest absolute Gasteiger partial charge is 0.224 e. The van der Waals surface area contributed by atoms with Gasteiger partial charge in [-0.05, 0) is 43.3 Å². The van der Waals surface area contributed by atoms with Gasteiger partial charge < -0.3 is 5.32 Å². The van der Waals surface area contributed by atoms with Crippen molar-refractivity contribution in [3.63, 3.8) is 0 Å². The molecule has 122 valence electrons. The van der Waals surface area contributed by atoms with Crippen LogP contribution in [0.25, 0.3) is 0 Å². The van der Waals surface area contributed by atoms with E-state index in [0.29, 0.717) is 10.6 Å². The van der Waals surface area contributed by atoms with Crippen molar-refractivity contribution in [3.05, 3.63) is 46.2 Å². The number of ketones is 1. The van der Waals surface area contributed by atoms with Crippen LogP contribution in [0.15, 0.2) is 41.3 Å². The predicted octanol–water partition coefficient (Wildman–Crippen LogP) is 3.06. The number of nitrogens with one attached hydrogen (secondary N) is 1. The number of hydrogen-bond donors (Lipinski definition) is 1. The second-order valence-corrected chi connectivity index (χ2v) is 8.48. The van der Waals surface area contributed by atoms with E-state index in [0.717, 1.165) is 11.1 Å². The Kier molecular flexibility index (Phi) is 5.33. The fourth-order valence-corrected chi connectivity index (χ4v) is 3.41. The number of sulfone groups is 1. The Labute approximate surface area is 139 Å². The van der Waals surface area contributed by atoms with Gasteiger partial charge in [0.25, 0.3) is 0 Å². The average molecular weight is 351 g/mol. The van der Waals surface area contributed by atoms with E-state index in [2.05, 4.69) is 5.32 Å². The minimum atomic E-state index is -3.25. The summed E-state index contributed by atoms with van der Waals surface area (Å²) >= 11 is 1.42. The molecule has 2 rings (SSSR count). The van der Waals surface area contributed by atoms with Crippen LogP contribution in [-0.2, 0) is 14.6 Å². The summed E-state index contributed by atoms with van der Waals surface area (Å²) in [6.07, 6.45) is 1.36. The van der Waals surface area contributed by atoms with Crippen LogP contribution in [0.3, 0.4) is 0 Å². The molecule has 0 aliphatic rings. The molecule has 0 aliphatic carbocycles. The molecule has 5 nitrogen and oxygen atoms in total. The van der Waals surface area contributed by atoms with Crippen LogP contribution in [0.5, 0.6) is 0 Å². The molecule has 2 aromatic rings. The highest BCUT2D eigenvalue weighted by atomic mass is 32.2. The maximum absolute atomic E-state index is 11.9. The van der Waals surface area contributed by atoms with Gasteiger partial charge in [-0.1, -0.05) is 0 Å². The molecule has 1 aromatic carbocycles. The molecular formula is C16H17NO4S2. The molecule has 1 aromatic heterocycles. The molecule has 0 saturated carbocycles. The fourth-order valence-electron chi connectivity index (χ4n) is 1.94. The number of rotatable bonds is 6. The van der Waals surface area contributed by atoms with E-state index in [4.69, 9.17) is 0 Å². The zero-order valence-corrected chi connectivity index (χ0v) is 14.5. The third kappa shape index (κ3) is 5.01. The number of hydrogen-bond acceptors (Lipinski definition) is 5. The molecule has 0 unspecified atom stereocenters. The normalized spacial score (nSPS) is 11.2. The van der Waals surface area contributed by atoms with Gasteiger partial charge in [-0.15, -0.1) is 11.3 Å². The van der Waals surface area contributed by atoms with Gasteiger partial charge in [0.15, 0.2) is 15.6 Å². The van der Waals surface area contributed by atoms with E-state index in [1.165, 1.54) is 35.6 Å². The zero-order valence-electron chi connectivity index (χ0n) is 12.8. The summed E-state index contributed by atoms with van der Waals surface area (Å²) in [7, 11) is -3.25. The summed E-state index contributed by atoms with van der Waals surface area (Å²) in [5.74, 6) is -0.329. The summed E-state index contributed by atoms with van der Waals surface area (Å²) < 4.78 is 22.7. The van der Waals surface area contributed by atoms with Crippen LogP contribution >= 0.6 is 11.3 Å². The summed E-state index contributed by atoms with van der Waals surface area (Å²) in [6, 6.07) is 9.57. The van der Waals surface area contributed by atoms with E-state index in [1.807, 2.05) is 13.0 Å². The van der Waals surface area contributed by atoms with Crippen LogP contribution < -0.4 is 5.32 Å². The number of aryl methyl sites for hydroxylation is 1. The van der Waals surface area contributed by atoms with E-state index < -0.39 is 9.84 Å². The lowest BCUT2D eigenvalue weighted by Gasteiger charge is -2.05. The van der Waals surface area contributed by atoms with Gasteiger partial charge in [-0.2, -0.15) is 0 Å². The number of thiophene rings is 1. The van der Waals surface area contributed by atoms with Crippen LogP contribution in [-0.4, -0.2) is 26.4 Å². The molecule has 7 heteroatoms. The highest BCUT2D eigenvalue weighted by Gasteiger charge is 2.12. The number of carbonyl (C=O) groups is 2. The first-order valence-electron chi connectivity index (χ1n) is 6.95. The van der Waals surface area contributed by atoms with E-state index in [1.54, 1.807) is 6.07 Å². The Morgan fingerprint density at radius 3 is 2.22 bits per heavy atom. The zero-order chi connectivity index (χ0) is 17.0. The number of Topliss-reactive ketones (excluding diaryl/α,β-unsaturated/α-hetero) is 1. The summed E-state index contributed by atoms with van der Waals surface area (Å²) in [5, 5.41) is 2.65. The van der Waals surface area contributed by atoms with Crippen molar-refractivity contribution < 1.29 is 18.0 Å². The molecule has 0 atom stereocenters. The van der Waals surface area contributed by atoms with Crippen molar-refractivity contribution >= 4 is 38.6 Å². The van der Waals surface area contributed by atoms with Gasteiger partial charge in [0.2, 0.25) is 5.91 Å². The molecule has 1 heterocycles. The van der Waals surface area contributed by atoms with Gasteiger partial charge in [0.1, 0.15) is 0 Å². The van der Waals surface area contributed by atoms with Gasteiger partial charge in [-0.25, -0.2) is 8.42 Å². The second kappa shape index (κ2) is 7.06. The molecule has 23 heavy (non-hydrogen) atoms. The van der Waals surface area contributed by atoms with Gasteiger partial charge in [0.05, 0.1) is 9.77 Å². The lowest BCUT2D eigenvalue weighted by Crippen LogP contribution is -2.13. The predicted molar refractivity (Wildman–Crippen MR) is 90.8 cm³/mol. The number of benzene rings is 1. The Hall–Kier alpha value is -1.99. The van der Waals surface area contributed by atoms with Crippen molar-refractivity contribution in [3.8, 4) is 0 Å². The maximum atomic E-state index is 11.9. The minimum Gasteiger partial charge on any atom is -0.326 e. The molecule has 1 N–H and O–H groups in total. The number of amides is 1. The van der Waals surface area contributed by atoms with Gasteiger partial charge >= 0.3 is 0 Å². The van der Waals surface area contributed by atoms with Crippen LogP contribution in [0, 0.1) is 6.92 Å². The highest BCUT2D eigenvalue weighted by Crippen LogP contribution is 2.18. The molecule has 0 saturated heterocycles. The van der Waals surface area contributed by atoms with Crippen molar-refractivity contribution in [2.75, 3.05) is 11.6 Å². The minimum absolute atomic E-state index is 0.0503. The van der Waals surface area contributed by atoms with Crippen LogP contribution in [0.1, 0.15) is 27.4 Å². The highest BCUT2D eigenvalue weighted by molar-refractivity contribution is 7.90. The topological polar surface area (TPSA) is 80.3 Å². The Morgan fingerprint density at radius 1 is 1.04 bits per heavy atom. The lowest BCUT2D eigenvalue weighted by molar-refractivity contribution is -0.116. The van der Waals surface area contributed by atoms with E-state index in [9.17, 15) is 18.0 Å². The Bertz CT molecular complexity index is 820. The molecule has 1 amide bonds. The van der Waals surface area contributed by atoms with Crippen LogP contribution in [0.2, 0.25) is 0 Å². The molecule has 0 radical (unpaired) electrons. The third-order valence-electron chi connectivity index (χ3n) is 3.16. The maximum Gasteiger partial charge on any atom is 0.224 e. The van der Waals surface area contributed by atoms with Crippen molar-refractivity contribution in [1.29, 1.82) is 0 Å². The first-order chi connectivity index (χ1) is 10.8. The van der Waals surface area contributed by atoms with E-state index >= 15 is 0 Å². The van der Waals surface area contributed by atoms with Gasteiger partial charge in [0, 0.05) is 29.7 Å². The SMILES string of the molecule is Cc1ccc(C(=O)CCC(=O)Nc2ccc(S(C)(=O)=O)cc2)s1. The van der Waals surface area contributed by atoms with Gasteiger partial charge in [-0.3, -0.25) is 9.59 Å². The fraction of sp³-hybridized carbons (Fsp3) is 0.250. The third-order valence-corrected chi connectivity index (χ3v) is 5.33. The lowest BCUT2D eigenvalue weighted by atomic mass is 10.2. The number of anilines is 1. The first-order valence-corrected chi connectivity index (χ1v) is 9.66. The average Bonchev–Trinajstić information content (AvgIpc) is 2.91. The van der Waals surface area contributed by atoms with Crippen molar-refractivity contribution in [2.45, 2.75) is 24.7 Å². The summed E-state index contributed by atoms with van der Waals surface area (Å²) in [6.45, 7) is 1.92. The molecule has 0 spiro atoms. The second-order valence-electron chi connectivity index (χ2n) is 5.18. The van der Waals surface area contributed by atoms with Crippen molar-refractivity contribution in [2.24, 2.45) is 0 Å². The van der Waals surface area contributed by atoms with Crippen molar-refractivity contribution in [1.82, 2.24) is 0 Å². The summed E-state index contributed by atoms with van der Waals surface area (Å²) in [4.78, 5) is 25.7. The summed E-state index contributed by atoms with van der Waals surface area (Å²) in [5.41, 5.74) is 0.502. The standard InChI is InChI=1S/C16H17NO4S2/c1-11-3-9-15(22-11)14(18)8-10-16(19)17-12-4-6-13(7-5-12)23(2,20)21/h3-7,9H,8,10H2,1-2H3,(H,17,19).